The standard InChI is InChI=1S/C9H18N2O/c10-9(8-5-11-6-8)7-1-3-12-4-2-7/h7-9,11H,1-6,10H2. The zero-order valence-corrected chi connectivity index (χ0v) is 7.46. The lowest BCUT2D eigenvalue weighted by Gasteiger charge is -2.38. The van der Waals surface area contributed by atoms with E-state index in [4.69, 9.17) is 10.5 Å². The van der Waals surface area contributed by atoms with E-state index in [1.165, 1.54) is 0 Å². The molecule has 2 fully saturated rings. The average molecular weight is 170 g/mol. The van der Waals surface area contributed by atoms with Gasteiger partial charge in [0.25, 0.3) is 0 Å². The van der Waals surface area contributed by atoms with Crippen LogP contribution in [0.25, 0.3) is 0 Å². The zero-order valence-electron chi connectivity index (χ0n) is 7.46. The van der Waals surface area contributed by atoms with Gasteiger partial charge in [-0.25, -0.2) is 0 Å². The third-order valence-electron chi connectivity index (χ3n) is 3.17. The molecule has 0 aliphatic carbocycles. The topological polar surface area (TPSA) is 47.3 Å². The maximum absolute atomic E-state index is 6.16. The van der Waals surface area contributed by atoms with Crippen molar-refractivity contribution >= 4 is 0 Å². The number of nitrogens with one attached hydrogen (secondary N) is 1. The molecule has 0 aromatic rings. The fourth-order valence-corrected chi connectivity index (χ4v) is 2.07. The van der Waals surface area contributed by atoms with Crippen LogP contribution < -0.4 is 11.1 Å². The quantitative estimate of drug-likeness (QED) is 0.611. The van der Waals surface area contributed by atoms with Crippen molar-refractivity contribution < 1.29 is 4.74 Å². The monoisotopic (exact) mass is 170 g/mol. The highest BCUT2D eigenvalue weighted by Gasteiger charge is 2.30. The molecule has 0 saturated carbocycles. The van der Waals surface area contributed by atoms with Crippen LogP contribution in [0.15, 0.2) is 0 Å². The highest BCUT2D eigenvalue weighted by Crippen LogP contribution is 2.23. The fraction of sp³-hybridized carbons (Fsp3) is 1.00. The van der Waals surface area contributed by atoms with Crippen molar-refractivity contribution in [3.63, 3.8) is 0 Å². The minimum absolute atomic E-state index is 0.412. The highest BCUT2D eigenvalue weighted by molar-refractivity contribution is 4.88. The van der Waals surface area contributed by atoms with Gasteiger partial charge in [-0.2, -0.15) is 0 Å². The van der Waals surface area contributed by atoms with E-state index in [-0.39, 0.29) is 0 Å². The first-order chi connectivity index (χ1) is 5.88. The van der Waals surface area contributed by atoms with Gasteiger partial charge in [-0.3, -0.25) is 0 Å². The van der Waals surface area contributed by atoms with E-state index in [0.717, 1.165) is 45.1 Å². The van der Waals surface area contributed by atoms with Crippen molar-refractivity contribution in [3.8, 4) is 0 Å². The molecule has 2 heterocycles. The molecule has 0 spiro atoms. The lowest BCUT2D eigenvalue weighted by molar-refractivity contribution is 0.0464. The van der Waals surface area contributed by atoms with Crippen molar-refractivity contribution in [2.24, 2.45) is 17.6 Å². The van der Waals surface area contributed by atoms with Gasteiger partial charge in [0.15, 0.2) is 0 Å². The Morgan fingerprint density at radius 2 is 1.83 bits per heavy atom. The van der Waals surface area contributed by atoms with Crippen molar-refractivity contribution in [2.75, 3.05) is 26.3 Å². The zero-order chi connectivity index (χ0) is 8.39. The first kappa shape index (κ1) is 8.48. The van der Waals surface area contributed by atoms with E-state index >= 15 is 0 Å². The minimum atomic E-state index is 0.412. The van der Waals surface area contributed by atoms with Crippen LogP contribution in [0.4, 0.5) is 0 Å². The van der Waals surface area contributed by atoms with Gasteiger partial charge in [-0.05, 0) is 24.7 Å². The van der Waals surface area contributed by atoms with Crippen LogP contribution in [0.3, 0.4) is 0 Å². The van der Waals surface area contributed by atoms with Crippen LogP contribution in [0.2, 0.25) is 0 Å². The largest absolute Gasteiger partial charge is 0.381 e. The van der Waals surface area contributed by atoms with E-state index < -0.39 is 0 Å². The average Bonchev–Trinajstić information content (AvgIpc) is 2.03. The molecule has 2 aliphatic heterocycles. The van der Waals surface area contributed by atoms with Crippen LogP contribution in [0, 0.1) is 11.8 Å². The Labute approximate surface area is 73.7 Å². The molecule has 70 valence electrons. The molecule has 3 nitrogen and oxygen atoms in total. The second-order valence-corrected chi connectivity index (χ2v) is 3.95. The maximum Gasteiger partial charge on any atom is 0.0469 e. The second kappa shape index (κ2) is 3.73. The number of hydrogen-bond donors (Lipinski definition) is 2. The van der Waals surface area contributed by atoms with Crippen molar-refractivity contribution in [2.45, 2.75) is 18.9 Å². The predicted molar refractivity (Wildman–Crippen MR) is 47.9 cm³/mol. The summed E-state index contributed by atoms with van der Waals surface area (Å²) in [5.74, 6) is 1.44. The number of ether oxygens (including phenoxy) is 1. The van der Waals surface area contributed by atoms with Gasteiger partial charge in [0.2, 0.25) is 0 Å². The van der Waals surface area contributed by atoms with Gasteiger partial charge < -0.3 is 15.8 Å². The Bertz CT molecular complexity index is 141. The maximum atomic E-state index is 6.16. The third kappa shape index (κ3) is 1.63. The molecule has 3 heteroatoms. The molecular formula is C9H18N2O. The molecule has 1 unspecified atom stereocenters. The van der Waals surface area contributed by atoms with Gasteiger partial charge in [0.05, 0.1) is 0 Å². The summed E-state index contributed by atoms with van der Waals surface area (Å²) in [5.41, 5.74) is 6.16. The molecule has 1 atom stereocenters. The Morgan fingerprint density at radius 1 is 1.17 bits per heavy atom. The van der Waals surface area contributed by atoms with Crippen LogP contribution >= 0.6 is 0 Å². The van der Waals surface area contributed by atoms with Gasteiger partial charge in [0, 0.05) is 32.3 Å². The van der Waals surface area contributed by atoms with Crippen molar-refractivity contribution in [1.29, 1.82) is 0 Å². The van der Waals surface area contributed by atoms with Gasteiger partial charge in [0.1, 0.15) is 0 Å². The Kier molecular flexibility index (Phi) is 2.63. The summed E-state index contributed by atoms with van der Waals surface area (Å²) in [7, 11) is 0. The van der Waals surface area contributed by atoms with Gasteiger partial charge in [-0.1, -0.05) is 0 Å². The summed E-state index contributed by atoms with van der Waals surface area (Å²) in [6, 6.07) is 0.412. The summed E-state index contributed by atoms with van der Waals surface area (Å²) in [6.07, 6.45) is 2.33. The third-order valence-corrected chi connectivity index (χ3v) is 3.17. The highest BCUT2D eigenvalue weighted by atomic mass is 16.5. The van der Waals surface area contributed by atoms with E-state index in [0.29, 0.717) is 12.0 Å². The molecule has 2 aliphatic rings. The molecular weight excluding hydrogens is 152 g/mol. The summed E-state index contributed by atoms with van der Waals surface area (Å²) < 4.78 is 5.31. The smallest absolute Gasteiger partial charge is 0.0469 e. The molecule has 12 heavy (non-hydrogen) atoms. The second-order valence-electron chi connectivity index (χ2n) is 3.95. The molecule has 0 bridgehead atoms. The normalized spacial score (nSPS) is 29.8. The first-order valence-electron chi connectivity index (χ1n) is 4.92. The lowest BCUT2D eigenvalue weighted by Crippen LogP contribution is -2.55. The Hall–Kier alpha value is -0.120. The van der Waals surface area contributed by atoms with E-state index in [2.05, 4.69) is 5.32 Å². The molecule has 0 aromatic carbocycles. The van der Waals surface area contributed by atoms with Crippen LogP contribution in [-0.4, -0.2) is 32.3 Å². The van der Waals surface area contributed by atoms with Crippen LogP contribution in [0.1, 0.15) is 12.8 Å². The molecule has 0 aromatic heterocycles. The molecule has 0 radical (unpaired) electrons. The van der Waals surface area contributed by atoms with Gasteiger partial charge in [-0.15, -0.1) is 0 Å². The SMILES string of the molecule is NC(C1CCOCC1)C1CNC1. The van der Waals surface area contributed by atoms with Crippen molar-refractivity contribution in [1.82, 2.24) is 5.32 Å². The number of nitrogens with two attached hydrogens (primary N) is 1. The van der Waals surface area contributed by atoms with Gasteiger partial charge >= 0.3 is 0 Å². The predicted octanol–water partition coefficient (Wildman–Crippen LogP) is -0.0403. The lowest BCUT2D eigenvalue weighted by atomic mass is 9.81. The Morgan fingerprint density at radius 3 is 2.33 bits per heavy atom. The molecule has 0 amide bonds. The van der Waals surface area contributed by atoms with E-state index in [9.17, 15) is 0 Å². The molecule has 3 N–H and O–H groups in total. The minimum Gasteiger partial charge on any atom is -0.381 e. The summed E-state index contributed by atoms with van der Waals surface area (Å²) in [4.78, 5) is 0. The van der Waals surface area contributed by atoms with E-state index in [1.807, 2.05) is 0 Å². The number of rotatable bonds is 2. The Balaban J connectivity index is 1.80. The summed E-state index contributed by atoms with van der Waals surface area (Å²) >= 11 is 0. The molecule has 2 saturated heterocycles. The van der Waals surface area contributed by atoms with Crippen LogP contribution in [-0.2, 0) is 4.74 Å². The summed E-state index contributed by atoms with van der Waals surface area (Å²) in [5, 5.41) is 3.27. The van der Waals surface area contributed by atoms with E-state index in [1.54, 1.807) is 0 Å². The van der Waals surface area contributed by atoms with Crippen LogP contribution in [0.5, 0.6) is 0 Å². The van der Waals surface area contributed by atoms with Crippen molar-refractivity contribution in [3.05, 3.63) is 0 Å². The fourth-order valence-electron chi connectivity index (χ4n) is 2.07. The first-order valence-corrected chi connectivity index (χ1v) is 4.92. The molecule has 2 rings (SSSR count). The number of hydrogen-bond acceptors (Lipinski definition) is 3. The summed E-state index contributed by atoms with van der Waals surface area (Å²) in [6.45, 7) is 4.08.